The first kappa shape index (κ1) is 25.4. The van der Waals surface area contributed by atoms with Gasteiger partial charge in [-0.25, -0.2) is 4.79 Å². The lowest BCUT2D eigenvalue weighted by Gasteiger charge is -2.24. The summed E-state index contributed by atoms with van der Waals surface area (Å²) in [5.41, 5.74) is 4.67. The van der Waals surface area contributed by atoms with Crippen LogP contribution < -0.4 is 0 Å². The van der Waals surface area contributed by atoms with E-state index in [0.717, 1.165) is 36.8 Å². The molecule has 0 saturated heterocycles. The van der Waals surface area contributed by atoms with Crippen molar-refractivity contribution in [1.29, 1.82) is 5.26 Å². The maximum absolute atomic E-state index is 12.2. The Bertz CT molecular complexity index is 890. The predicted molar refractivity (Wildman–Crippen MR) is 132 cm³/mol. The van der Waals surface area contributed by atoms with Crippen LogP contribution in [0.25, 0.3) is 11.1 Å². The van der Waals surface area contributed by atoms with Gasteiger partial charge in [-0.1, -0.05) is 88.9 Å². The quantitative estimate of drug-likeness (QED) is 0.184. The van der Waals surface area contributed by atoms with Crippen molar-refractivity contribution in [2.45, 2.75) is 84.2 Å². The molecule has 0 saturated carbocycles. The molecule has 0 aliphatic rings. The van der Waals surface area contributed by atoms with Crippen molar-refractivity contribution in [3.05, 3.63) is 71.8 Å². The van der Waals surface area contributed by atoms with Crippen LogP contribution in [0.15, 0.2) is 60.7 Å². The van der Waals surface area contributed by atoms with Crippen molar-refractivity contribution in [3.8, 4) is 17.2 Å². The smallest absolute Gasteiger partial charge is 0.333 e. The highest BCUT2D eigenvalue weighted by Crippen LogP contribution is 2.32. The summed E-state index contributed by atoms with van der Waals surface area (Å²) in [5, 5.41) is 9.01. The lowest BCUT2D eigenvalue weighted by Crippen LogP contribution is -2.21. The molecule has 0 N–H and O–H groups in total. The SMILES string of the molecule is C=C(C)C(=O)OC(CCC)CC(CCCCCC)c1ccc(-c2ccc(C#N)cc2)cc1. The number of hydrogen-bond acceptors (Lipinski definition) is 3. The molecule has 0 aliphatic carbocycles. The van der Waals surface area contributed by atoms with E-state index in [1.165, 1.54) is 31.2 Å². The lowest BCUT2D eigenvalue weighted by atomic mass is 9.86. The number of ether oxygens (including phenoxy) is 1. The van der Waals surface area contributed by atoms with Crippen LogP contribution in [-0.4, -0.2) is 12.1 Å². The zero-order valence-corrected chi connectivity index (χ0v) is 19.9. The van der Waals surface area contributed by atoms with E-state index in [-0.39, 0.29) is 12.1 Å². The second kappa shape index (κ2) is 13.5. The minimum atomic E-state index is -0.288. The summed E-state index contributed by atoms with van der Waals surface area (Å²) in [7, 11) is 0. The van der Waals surface area contributed by atoms with Crippen molar-refractivity contribution >= 4 is 5.97 Å². The molecule has 170 valence electrons. The first-order chi connectivity index (χ1) is 15.5. The molecule has 2 aromatic rings. The third kappa shape index (κ3) is 8.00. The van der Waals surface area contributed by atoms with Gasteiger partial charge in [0, 0.05) is 5.57 Å². The van der Waals surface area contributed by atoms with Crippen LogP contribution in [0, 0.1) is 11.3 Å². The van der Waals surface area contributed by atoms with E-state index >= 15 is 0 Å². The molecular weight excluding hydrogens is 394 g/mol. The first-order valence-corrected chi connectivity index (χ1v) is 11.9. The van der Waals surface area contributed by atoms with Crippen LogP contribution in [0.5, 0.6) is 0 Å². The summed E-state index contributed by atoms with van der Waals surface area (Å²) in [6.07, 6.45) is 8.60. The van der Waals surface area contributed by atoms with Gasteiger partial charge in [0.1, 0.15) is 6.10 Å². The van der Waals surface area contributed by atoms with Crippen LogP contribution in [0.3, 0.4) is 0 Å². The van der Waals surface area contributed by atoms with Gasteiger partial charge in [-0.15, -0.1) is 0 Å². The second-order valence-corrected chi connectivity index (χ2v) is 8.69. The van der Waals surface area contributed by atoms with Gasteiger partial charge in [0.05, 0.1) is 11.6 Å². The predicted octanol–water partition coefficient (Wildman–Crippen LogP) is 7.96. The van der Waals surface area contributed by atoms with Gasteiger partial charge in [-0.05, 0) is 60.9 Å². The van der Waals surface area contributed by atoms with Crippen LogP contribution in [0.4, 0.5) is 0 Å². The minimum Gasteiger partial charge on any atom is -0.459 e. The molecule has 0 radical (unpaired) electrons. The molecule has 0 spiro atoms. The Morgan fingerprint density at radius 3 is 2.09 bits per heavy atom. The number of carbonyl (C=O) groups is 1. The zero-order valence-electron chi connectivity index (χ0n) is 19.9. The first-order valence-electron chi connectivity index (χ1n) is 11.9. The second-order valence-electron chi connectivity index (χ2n) is 8.69. The zero-order chi connectivity index (χ0) is 23.3. The molecule has 32 heavy (non-hydrogen) atoms. The largest absolute Gasteiger partial charge is 0.459 e. The van der Waals surface area contributed by atoms with E-state index in [4.69, 9.17) is 10.00 Å². The summed E-state index contributed by atoms with van der Waals surface area (Å²) >= 11 is 0. The molecule has 0 bridgehead atoms. The number of benzene rings is 2. The van der Waals surface area contributed by atoms with Crippen molar-refractivity contribution in [1.82, 2.24) is 0 Å². The van der Waals surface area contributed by atoms with E-state index in [0.29, 0.717) is 17.1 Å². The Balaban J connectivity index is 2.18. The standard InChI is InChI=1S/C29H37NO2/c1-5-7-8-9-11-27(20-28(10-6-2)32-29(31)22(3)4)26-18-16-25(17-19-26)24-14-12-23(21-30)13-15-24/h12-19,27-28H,3,5-11,20H2,1-2,4H3. The van der Waals surface area contributed by atoms with Gasteiger partial charge in [-0.3, -0.25) is 0 Å². The summed E-state index contributed by atoms with van der Waals surface area (Å²) in [6, 6.07) is 18.6. The van der Waals surface area contributed by atoms with Crippen molar-refractivity contribution < 1.29 is 9.53 Å². The van der Waals surface area contributed by atoms with E-state index < -0.39 is 0 Å². The number of carbonyl (C=O) groups excluding carboxylic acids is 1. The highest BCUT2D eigenvalue weighted by molar-refractivity contribution is 5.87. The Hall–Kier alpha value is -2.86. The molecule has 3 nitrogen and oxygen atoms in total. The van der Waals surface area contributed by atoms with Crippen LogP contribution in [-0.2, 0) is 9.53 Å². The van der Waals surface area contributed by atoms with Crippen molar-refractivity contribution in [3.63, 3.8) is 0 Å². The molecule has 0 aliphatic heterocycles. The Labute approximate surface area is 194 Å². The molecule has 2 aromatic carbocycles. The highest BCUT2D eigenvalue weighted by Gasteiger charge is 2.21. The fourth-order valence-electron chi connectivity index (χ4n) is 4.04. The molecule has 2 unspecified atom stereocenters. The number of nitrogens with zero attached hydrogens (tertiary/aromatic N) is 1. The van der Waals surface area contributed by atoms with Gasteiger partial charge in [0.15, 0.2) is 0 Å². The maximum Gasteiger partial charge on any atom is 0.333 e. The van der Waals surface area contributed by atoms with E-state index in [1.807, 2.05) is 24.3 Å². The third-order valence-corrected chi connectivity index (χ3v) is 5.92. The third-order valence-electron chi connectivity index (χ3n) is 5.92. The molecule has 0 aromatic heterocycles. The summed E-state index contributed by atoms with van der Waals surface area (Å²) < 4.78 is 5.78. The van der Waals surface area contributed by atoms with E-state index in [2.05, 4.69) is 50.8 Å². The van der Waals surface area contributed by atoms with Gasteiger partial charge in [0.2, 0.25) is 0 Å². The highest BCUT2D eigenvalue weighted by atomic mass is 16.5. The fourth-order valence-corrected chi connectivity index (χ4v) is 4.04. The van der Waals surface area contributed by atoms with Crippen molar-refractivity contribution in [2.24, 2.45) is 0 Å². The van der Waals surface area contributed by atoms with Crippen LogP contribution >= 0.6 is 0 Å². The van der Waals surface area contributed by atoms with Gasteiger partial charge in [-0.2, -0.15) is 5.26 Å². The number of nitriles is 1. The lowest BCUT2D eigenvalue weighted by molar-refractivity contribution is -0.145. The molecule has 0 amide bonds. The topological polar surface area (TPSA) is 50.1 Å². The molecule has 2 rings (SSSR count). The maximum atomic E-state index is 12.2. The monoisotopic (exact) mass is 431 g/mol. The number of esters is 1. The summed E-state index contributed by atoms with van der Waals surface area (Å²) in [5.74, 6) is 0.0701. The van der Waals surface area contributed by atoms with E-state index in [1.54, 1.807) is 6.92 Å². The normalized spacial score (nSPS) is 12.6. The number of hydrogen-bond donors (Lipinski definition) is 0. The van der Waals surface area contributed by atoms with Gasteiger partial charge < -0.3 is 4.74 Å². The van der Waals surface area contributed by atoms with Crippen LogP contribution in [0.2, 0.25) is 0 Å². The Morgan fingerprint density at radius 2 is 1.56 bits per heavy atom. The number of unbranched alkanes of at least 4 members (excludes halogenated alkanes) is 3. The van der Waals surface area contributed by atoms with Gasteiger partial charge in [0.25, 0.3) is 0 Å². The molecule has 3 heteroatoms. The number of rotatable bonds is 13. The molecule has 0 heterocycles. The molecule has 2 atom stereocenters. The fraction of sp³-hybridized carbons (Fsp3) is 0.448. The summed E-state index contributed by atoms with van der Waals surface area (Å²) in [6.45, 7) is 9.80. The molecular formula is C29H37NO2. The van der Waals surface area contributed by atoms with E-state index in [9.17, 15) is 4.79 Å². The molecule has 0 fully saturated rings. The summed E-state index contributed by atoms with van der Waals surface area (Å²) in [4.78, 5) is 12.2. The minimum absolute atomic E-state index is 0.0847. The Morgan fingerprint density at radius 1 is 0.938 bits per heavy atom. The van der Waals surface area contributed by atoms with Crippen molar-refractivity contribution in [2.75, 3.05) is 0 Å². The average Bonchev–Trinajstić information content (AvgIpc) is 2.81. The Kier molecular flexibility index (Phi) is 10.7. The average molecular weight is 432 g/mol. The van der Waals surface area contributed by atoms with Gasteiger partial charge >= 0.3 is 5.97 Å². The van der Waals surface area contributed by atoms with Crippen LogP contribution in [0.1, 0.15) is 89.2 Å².